The quantitative estimate of drug-likeness (QED) is 0.586. The first kappa shape index (κ1) is 15.6. The van der Waals surface area contributed by atoms with E-state index in [1.165, 1.54) is 0 Å². The Labute approximate surface area is 125 Å². The largest absolute Gasteiger partial charge is 0.493 e. The fraction of sp³-hybridized carbons (Fsp3) is 0.562. The Morgan fingerprint density at radius 3 is 2.90 bits per heavy atom. The van der Waals surface area contributed by atoms with Crippen molar-refractivity contribution >= 4 is 11.6 Å². The predicted octanol–water partition coefficient (Wildman–Crippen LogP) is 2.09. The van der Waals surface area contributed by atoms with Crippen molar-refractivity contribution in [2.24, 2.45) is 0 Å². The Morgan fingerprint density at radius 2 is 2.14 bits per heavy atom. The van der Waals surface area contributed by atoms with Gasteiger partial charge in [0.25, 0.3) is 5.91 Å². The number of hydrogen-bond acceptors (Lipinski definition) is 4. The average Bonchev–Trinajstić information content (AvgIpc) is 2.64. The minimum Gasteiger partial charge on any atom is -0.493 e. The highest BCUT2D eigenvalue weighted by molar-refractivity contribution is 6.02. The molecule has 1 aliphatic carbocycles. The monoisotopic (exact) mass is 292 g/mol. The zero-order chi connectivity index (χ0) is 15.2. The summed E-state index contributed by atoms with van der Waals surface area (Å²) in [6.45, 7) is 2.33. The maximum absolute atomic E-state index is 12.5. The van der Waals surface area contributed by atoms with Crippen LogP contribution in [0.3, 0.4) is 0 Å². The van der Waals surface area contributed by atoms with Gasteiger partial charge in [-0.3, -0.25) is 4.79 Å². The summed E-state index contributed by atoms with van der Waals surface area (Å²) in [5.41, 5.74) is 6.67. The first-order valence-corrected chi connectivity index (χ1v) is 7.63. The number of nitrogens with two attached hydrogens (primary N) is 1. The summed E-state index contributed by atoms with van der Waals surface area (Å²) in [4.78, 5) is 12.5. The van der Waals surface area contributed by atoms with Gasteiger partial charge in [0.05, 0.1) is 18.8 Å². The van der Waals surface area contributed by atoms with Crippen LogP contribution in [0.4, 0.5) is 5.69 Å². The first-order valence-electron chi connectivity index (χ1n) is 7.63. The predicted molar refractivity (Wildman–Crippen MR) is 82.4 cm³/mol. The number of ether oxygens (including phenoxy) is 1. The SMILES string of the molecule is CCOc1cccc(N)c1C(=O)NC1CCCCCC1O. The molecular weight excluding hydrogens is 268 g/mol. The lowest BCUT2D eigenvalue weighted by Crippen LogP contribution is -2.43. The molecule has 1 saturated carbocycles. The van der Waals surface area contributed by atoms with Crippen LogP contribution in [-0.2, 0) is 0 Å². The first-order chi connectivity index (χ1) is 10.1. The Hall–Kier alpha value is -1.75. The molecule has 1 aliphatic rings. The van der Waals surface area contributed by atoms with Crippen LogP contribution in [-0.4, -0.2) is 29.8 Å². The number of carbonyl (C=O) groups excluding carboxylic acids is 1. The lowest BCUT2D eigenvalue weighted by molar-refractivity contribution is 0.0816. The van der Waals surface area contributed by atoms with Crippen molar-refractivity contribution < 1.29 is 14.6 Å². The van der Waals surface area contributed by atoms with Crippen LogP contribution < -0.4 is 15.8 Å². The maximum atomic E-state index is 12.5. The van der Waals surface area contributed by atoms with Gasteiger partial charge in [0.1, 0.15) is 11.3 Å². The van der Waals surface area contributed by atoms with Crippen LogP contribution in [0.5, 0.6) is 5.75 Å². The van der Waals surface area contributed by atoms with Crippen LogP contribution >= 0.6 is 0 Å². The summed E-state index contributed by atoms with van der Waals surface area (Å²) >= 11 is 0. The Morgan fingerprint density at radius 1 is 1.38 bits per heavy atom. The van der Waals surface area contributed by atoms with Gasteiger partial charge in [-0.05, 0) is 31.9 Å². The molecule has 0 heterocycles. The number of nitrogen functional groups attached to an aromatic ring is 1. The number of carbonyl (C=O) groups is 1. The molecule has 116 valence electrons. The molecular formula is C16H24N2O3. The summed E-state index contributed by atoms with van der Waals surface area (Å²) in [5, 5.41) is 13.0. The molecule has 5 nitrogen and oxygen atoms in total. The van der Waals surface area contributed by atoms with Crippen molar-refractivity contribution in [2.75, 3.05) is 12.3 Å². The molecule has 2 unspecified atom stereocenters. The number of aliphatic hydroxyl groups is 1. The van der Waals surface area contributed by atoms with Crippen LogP contribution in [0.2, 0.25) is 0 Å². The molecule has 0 bridgehead atoms. The van der Waals surface area contributed by atoms with Gasteiger partial charge in [0.15, 0.2) is 0 Å². The summed E-state index contributed by atoms with van der Waals surface area (Å²) in [5.74, 6) is 0.209. The van der Waals surface area contributed by atoms with Gasteiger partial charge in [-0.25, -0.2) is 0 Å². The molecule has 1 amide bonds. The molecule has 1 aromatic rings. The molecule has 0 spiro atoms. The third-order valence-corrected chi connectivity index (χ3v) is 3.88. The van der Waals surface area contributed by atoms with Gasteiger partial charge in [-0.15, -0.1) is 0 Å². The van der Waals surface area contributed by atoms with Crippen LogP contribution in [0, 0.1) is 0 Å². The van der Waals surface area contributed by atoms with Gasteiger partial charge >= 0.3 is 0 Å². The number of rotatable bonds is 4. The third-order valence-electron chi connectivity index (χ3n) is 3.88. The molecule has 21 heavy (non-hydrogen) atoms. The highest BCUT2D eigenvalue weighted by Crippen LogP contribution is 2.25. The van der Waals surface area contributed by atoms with Gasteiger partial charge in [0.2, 0.25) is 0 Å². The number of hydrogen-bond donors (Lipinski definition) is 3. The van der Waals surface area contributed by atoms with Crippen LogP contribution in [0.25, 0.3) is 0 Å². The summed E-state index contributed by atoms with van der Waals surface area (Å²) in [6, 6.07) is 4.96. The van der Waals surface area contributed by atoms with Gasteiger partial charge in [0, 0.05) is 5.69 Å². The van der Waals surface area contributed by atoms with Gasteiger partial charge < -0.3 is 20.9 Å². The van der Waals surface area contributed by atoms with Crippen molar-refractivity contribution in [1.29, 1.82) is 0 Å². The minimum atomic E-state index is -0.489. The van der Waals surface area contributed by atoms with Crippen molar-refractivity contribution in [2.45, 2.75) is 51.2 Å². The topological polar surface area (TPSA) is 84.6 Å². The lowest BCUT2D eigenvalue weighted by atomic mass is 10.0. The zero-order valence-corrected chi connectivity index (χ0v) is 12.5. The molecule has 0 radical (unpaired) electrons. The second-order valence-corrected chi connectivity index (χ2v) is 5.44. The Kier molecular flexibility index (Phi) is 5.44. The average molecular weight is 292 g/mol. The maximum Gasteiger partial charge on any atom is 0.257 e. The van der Waals surface area contributed by atoms with Gasteiger partial charge in [-0.1, -0.05) is 25.3 Å². The summed E-state index contributed by atoms with van der Waals surface area (Å²) < 4.78 is 5.48. The molecule has 0 aromatic heterocycles. The molecule has 2 rings (SSSR count). The van der Waals surface area contributed by atoms with Gasteiger partial charge in [-0.2, -0.15) is 0 Å². The molecule has 1 aromatic carbocycles. The van der Waals surface area contributed by atoms with E-state index < -0.39 is 6.10 Å². The molecule has 0 saturated heterocycles. The van der Waals surface area contributed by atoms with E-state index in [9.17, 15) is 9.90 Å². The fourth-order valence-electron chi connectivity index (χ4n) is 2.76. The van der Waals surface area contributed by atoms with E-state index in [1.54, 1.807) is 18.2 Å². The number of benzene rings is 1. The van der Waals surface area contributed by atoms with Crippen LogP contribution in [0.15, 0.2) is 18.2 Å². The Balaban J connectivity index is 2.15. The number of anilines is 1. The molecule has 4 N–H and O–H groups in total. The highest BCUT2D eigenvalue weighted by atomic mass is 16.5. The molecule has 1 fully saturated rings. The Bertz CT molecular complexity index is 490. The molecule has 5 heteroatoms. The van der Waals surface area contributed by atoms with E-state index in [2.05, 4.69) is 5.32 Å². The lowest BCUT2D eigenvalue weighted by Gasteiger charge is -2.22. The molecule has 2 atom stereocenters. The summed E-state index contributed by atoms with van der Waals surface area (Å²) in [6.07, 6.45) is 4.16. The van der Waals surface area contributed by atoms with E-state index >= 15 is 0 Å². The standard InChI is InChI=1S/C16H24N2O3/c1-2-21-14-10-6-7-11(17)15(14)16(20)18-12-8-4-3-5-9-13(12)19/h6-7,10,12-13,19H,2-5,8-9,17H2,1H3,(H,18,20). The number of nitrogens with one attached hydrogen (secondary N) is 1. The summed E-state index contributed by atoms with van der Waals surface area (Å²) in [7, 11) is 0. The second kappa shape index (κ2) is 7.31. The van der Waals surface area contributed by atoms with E-state index in [-0.39, 0.29) is 11.9 Å². The van der Waals surface area contributed by atoms with Crippen molar-refractivity contribution in [3.8, 4) is 5.75 Å². The highest BCUT2D eigenvalue weighted by Gasteiger charge is 2.25. The normalized spacial score (nSPS) is 22.4. The van der Waals surface area contributed by atoms with Crippen LogP contribution in [0.1, 0.15) is 49.4 Å². The minimum absolute atomic E-state index is 0.214. The van der Waals surface area contributed by atoms with E-state index in [0.717, 1.165) is 32.1 Å². The number of amides is 1. The van der Waals surface area contributed by atoms with Crippen molar-refractivity contribution in [3.05, 3.63) is 23.8 Å². The van der Waals surface area contributed by atoms with E-state index in [1.807, 2.05) is 6.92 Å². The van der Waals surface area contributed by atoms with E-state index in [4.69, 9.17) is 10.5 Å². The fourth-order valence-corrected chi connectivity index (χ4v) is 2.76. The van der Waals surface area contributed by atoms with Crippen molar-refractivity contribution in [1.82, 2.24) is 5.32 Å². The zero-order valence-electron chi connectivity index (χ0n) is 12.5. The molecule has 0 aliphatic heterocycles. The second-order valence-electron chi connectivity index (χ2n) is 5.44. The van der Waals surface area contributed by atoms with Crippen molar-refractivity contribution in [3.63, 3.8) is 0 Å². The number of aliphatic hydroxyl groups excluding tert-OH is 1. The third kappa shape index (κ3) is 3.88. The van der Waals surface area contributed by atoms with E-state index in [0.29, 0.717) is 23.6 Å². The smallest absolute Gasteiger partial charge is 0.257 e.